The Balaban J connectivity index is 2.11. The average Bonchev–Trinajstić information content (AvgIpc) is 3.04. The standard InChI is InChI=1S/C22H33O8P/c1-13(2)29-31(25,30-14(3)4)12-27-10-15(5)8-9-17-20(23)19-18(11-28-22(19)24)16(6)21(17)26-7/h8,13-14,23H,9-12H2,1-7H3. The van der Waals surface area contributed by atoms with E-state index in [-0.39, 0.29) is 43.1 Å². The van der Waals surface area contributed by atoms with E-state index < -0.39 is 13.6 Å². The van der Waals surface area contributed by atoms with Gasteiger partial charge in [-0.2, -0.15) is 0 Å². The van der Waals surface area contributed by atoms with Gasteiger partial charge in [-0.05, 0) is 53.5 Å². The summed E-state index contributed by atoms with van der Waals surface area (Å²) in [5, 5.41) is 10.7. The minimum absolute atomic E-state index is 0.120. The third-order valence-corrected chi connectivity index (χ3v) is 6.61. The maximum absolute atomic E-state index is 12.8. The highest BCUT2D eigenvalue weighted by atomic mass is 31.2. The van der Waals surface area contributed by atoms with E-state index >= 15 is 0 Å². The zero-order chi connectivity index (χ0) is 23.3. The van der Waals surface area contributed by atoms with Crippen LogP contribution in [0.5, 0.6) is 11.5 Å². The highest BCUT2D eigenvalue weighted by Gasteiger charge is 2.32. The van der Waals surface area contributed by atoms with E-state index in [1.807, 2.05) is 19.9 Å². The molecule has 0 saturated heterocycles. The first-order chi connectivity index (χ1) is 14.5. The van der Waals surface area contributed by atoms with Gasteiger partial charge in [0.25, 0.3) is 0 Å². The number of cyclic esters (lactones) is 1. The van der Waals surface area contributed by atoms with Crippen LogP contribution in [0.15, 0.2) is 11.6 Å². The number of hydrogen-bond acceptors (Lipinski definition) is 8. The molecule has 0 amide bonds. The van der Waals surface area contributed by atoms with Gasteiger partial charge in [0.2, 0.25) is 0 Å². The van der Waals surface area contributed by atoms with Crippen molar-refractivity contribution in [3.8, 4) is 11.5 Å². The van der Waals surface area contributed by atoms with E-state index in [1.165, 1.54) is 7.11 Å². The van der Waals surface area contributed by atoms with Crippen LogP contribution in [0.2, 0.25) is 0 Å². The Morgan fingerprint density at radius 2 is 1.84 bits per heavy atom. The number of aromatic hydroxyl groups is 1. The molecule has 1 aliphatic heterocycles. The second-order valence-electron chi connectivity index (χ2n) is 8.07. The third-order valence-electron chi connectivity index (χ3n) is 4.62. The van der Waals surface area contributed by atoms with E-state index in [0.717, 1.165) is 11.1 Å². The lowest BCUT2D eigenvalue weighted by atomic mass is 9.95. The number of benzene rings is 1. The summed E-state index contributed by atoms with van der Waals surface area (Å²) in [6.07, 6.45) is 1.52. The van der Waals surface area contributed by atoms with Crippen LogP contribution < -0.4 is 4.74 Å². The molecule has 174 valence electrons. The fourth-order valence-corrected chi connectivity index (χ4v) is 5.18. The predicted molar refractivity (Wildman–Crippen MR) is 117 cm³/mol. The van der Waals surface area contributed by atoms with Crippen LogP contribution in [0, 0.1) is 6.92 Å². The number of phenolic OH excluding ortho intramolecular Hbond substituents is 1. The molecule has 1 aromatic carbocycles. The number of carbonyl (C=O) groups is 1. The lowest BCUT2D eigenvalue weighted by Crippen LogP contribution is -2.12. The topological polar surface area (TPSA) is 101 Å². The summed E-state index contributed by atoms with van der Waals surface area (Å²) < 4.78 is 39.9. The molecule has 9 heteroatoms. The van der Waals surface area contributed by atoms with Crippen molar-refractivity contribution in [1.29, 1.82) is 0 Å². The van der Waals surface area contributed by atoms with Crippen molar-refractivity contribution in [2.45, 2.75) is 66.8 Å². The van der Waals surface area contributed by atoms with Gasteiger partial charge in [0.05, 0.1) is 25.9 Å². The van der Waals surface area contributed by atoms with Gasteiger partial charge in [-0.3, -0.25) is 4.57 Å². The van der Waals surface area contributed by atoms with Crippen molar-refractivity contribution in [3.05, 3.63) is 33.9 Å². The van der Waals surface area contributed by atoms with Crippen LogP contribution in [0.1, 0.15) is 61.7 Å². The summed E-state index contributed by atoms with van der Waals surface area (Å²) >= 11 is 0. The molecule has 1 aromatic rings. The largest absolute Gasteiger partial charge is 0.507 e. The van der Waals surface area contributed by atoms with E-state index in [9.17, 15) is 14.5 Å². The molecule has 0 bridgehead atoms. The number of carbonyl (C=O) groups excluding carboxylic acids is 1. The summed E-state index contributed by atoms with van der Waals surface area (Å²) in [5.41, 5.74) is 2.99. The third kappa shape index (κ3) is 6.32. The van der Waals surface area contributed by atoms with Crippen LogP contribution >= 0.6 is 7.60 Å². The van der Waals surface area contributed by atoms with Crippen molar-refractivity contribution >= 4 is 13.6 Å². The zero-order valence-corrected chi connectivity index (χ0v) is 20.2. The molecule has 0 fully saturated rings. The fraction of sp³-hybridized carbons (Fsp3) is 0.591. The molecule has 1 N–H and O–H groups in total. The maximum Gasteiger partial charge on any atom is 0.356 e. The Bertz CT molecular complexity index is 874. The molecule has 0 aromatic heterocycles. The molecule has 31 heavy (non-hydrogen) atoms. The second kappa shape index (κ2) is 10.6. The normalized spacial score (nSPS) is 14.4. The summed E-state index contributed by atoms with van der Waals surface area (Å²) in [7, 11) is -1.85. The van der Waals surface area contributed by atoms with Crippen LogP contribution in [-0.2, 0) is 36.1 Å². The molecular weight excluding hydrogens is 423 g/mol. The number of ether oxygens (including phenoxy) is 3. The highest BCUT2D eigenvalue weighted by Crippen LogP contribution is 2.50. The number of esters is 1. The summed E-state index contributed by atoms with van der Waals surface area (Å²) in [6, 6.07) is 0. The predicted octanol–water partition coefficient (Wildman–Crippen LogP) is 4.89. The number of allylic oxidation sites excluding steroid dienone is 1. The minimum atomic E-state index is -3.37. The van der Waals surface area contributed by atoms with Crippen LogP contribution in [-0.4, -0.2) is 43.3 Å². The minimum Gasteiger partial charge on any atom is -0.507 e. The fourth-order valence-electron chi connectivity index (χ4n) is 3.41. The molecule has 2 rings (SSSR count). The van der Waals surface area contributed by atoms with E-state index in [4.69, 9.17) is 23.3 Å². The molecule has 0 spiro atoms. The molecule has 0 unspecified atom stereocenters. The average molecular weight is 456 g/mol. The molecule has 1 heterocycles. The molecule has 0 saturated carbocycles. The summed E-state index contributed by atoms with van der Waals surface area (Å²) in [5.74, 6) is -0.126. The Morgan fingerprint density at radius 3 is 2.39 bits per heavy atom. The first-order valence-corrected chi connectivity index (χ1v) is 12.0. The quantitative estimate of drug-likeness (QED) is 0.286. The van der Waals surface area contributed by atoms with Crippen molar-refractivity contribution < 1.29 is 37.7 Å². The number of phenols is 1. The van der Waals surface area contributed by atoms with Gasteiger partial charge >= 0.3 is 13.6 Å². The van der Waals surface area contributed by atoms with Gasteiger partial charge in [0.1, 0.15) is 30.0 Å². The number of fused-ring (bicyclic) bond motifs is 1. The molecule has 1 aliphatic rings. The number of rotatable bonds is 11. The van der Waals surface area contributed by atoms with Gasteiger partial charge in [-0.15, -0.1) is 0 Å². The van der Waals surface area contributed by atoms with Gasteiger partial charge < -0.3 is 28.4 Å². The molecule has 0 aliphatic carbocycles. The first kappa shape index (κ1) is 25.4. The molecule has 8 nitrogen and oxygen atoms in total. The maximum atomic E-state index is 12.8. The Morgan fingerprint density at radius 1 is 1.23 bits per heavy atom. The van der Waals surface area contributed by atoms with E-state index in [2.05, 4.69) is 0 Å². The number of hydrogen-bond donors (Lipinski definition) is 1. The van der Waals surface area contributed by atoms with Crippen LogP contribution in [0.3, 0.4) is 0 Å². The van der Waals surface area contributed by atoms with Gasteiger partial charge in [0, 0.05) is 11.1 Å². The van der Waals surface area contributed by atoms with E-state index in [0.29, 0.717) is 23.3 Å². The second-order valence-corrected chi connectivity index (χ2v) is 9.97. The van der Waals surface area contributed by atoms with Crippen molar-refractivity contribution in [1.82, 2.24) is 0 Å². The first-order valence-electron chi connectivity index (χ1n) is 10.3. The number of methoxy groups -OCH3 is 1. The van der Waals surface area contributed by atoms with Crippen LogP contribution in [0.25, 0.3) is 0 Å². The summed E-state index contributed by atoms with van der Waals surface area (Å²) in [4.78, 5) is 12.0. The monoisotopic (exact) mass is 456 g/mol. The SMILES string of the molecule is COc1c(C)c2c(c(O)c1CC=C(C)COCP(=O)(OC(C)C)OC(C)C)C(=O)OC2. The Kier molecular flexibility index (Phi) is 8.72. The lowest BCUT2D eigenvalue weighted by molar-refractivity contribution is 0.0532. The zero-order valence-electron chi connectivity index (χ0n) is 19.3. The van der Waals surface area contributed by atoms with Gasteiger partial charge in [-0.25, -0.2) is 4.79 Å². The Hall–Kier alpha value is -1.86. The van der Waals surface area contributed by atoms with Gasteiger partial charge in [0.15, 0.2) is 0 Å². The smallest absolute Gasteiger partial charge is 0.356 e. The molecular formula is C22H33O8P. The van der Waals surface area contributed by atoms with Crippen molar-refractivity contribution in [3.63, 3.8) is 0 Å². The Labute approximate surface area is 184 Å². The molecule has 0 atom stereocenters. The summed E-state index contributed by atoms with van der Waals surface area (Å²) in [6.45, 7) is 11.2. The highest BCUT2D eigenvalue weighted by molar-refractivity contribution is 7.53. The molecule has 0 radical (unpaired) electrons. The van der Waals surface area contributed by atoms with E-state index in [1.54, 1.807) is 27.7 Å². The van der Waals surface area contributed by atoms with Crippen molar-refractivity contribution in [2.24, 2.45) is 0 Å². The van der Waals surface area contributed by atoms with Crippen LogP contribution in [0.4, 0.5) is 0 Å². The van der Waals surface area contributed by atoms with Gasteiger partial charge in [-0.1, -0.05) is 11.6 Å². The lowest BCUT2D eigenvalue weighted by Gasteiger charge is -2.22. The van der Waals surface area contributed by atoms with Crippen molar-refractivity contribution in [2.75, 3.05) is 20.1 Å².